The maximum atomic E-state index is 13.5. The Balaban J connectivity index is 1.12. The van der Waals surface area contributed by atoms with E-state index in [1.54, 1.807) is 0 Å². The predicted octanol–water partition coefficient (Wildman–Crippen LogP) is 2.04. The van der Waals surface area contributed by atoms with E-state index in [1.165, 1.54) is 6.42 Å². The van der Waals surface area contributed by atoms with E-state index < -0.39 is 74.5 Å². The van der Waals surface area contributed by atoms with Crippen LogP contribution in [0.4, 0.5) is 8.78 Å². The summed E-state index contributed by atoms with van der Waals surface area (Å²) in [6, 6.07) is 0. The maximum absolute atomic E-state index is 13.5. The topological polar surface area (TPSA) is 183 Å². The van der Waals surface area contributed by atoms with E-state index in [4.69, 9.17) is 18.8 Å². The van der Waals surface area contributed by atoms with Crippen LogP contribution < -0.4 is 0 Å². The highest BCUT2D eigenvalue weighted by molar-refractivity contribution is 7.87. The van der Waals surface area contributed by atoms with Gasteiger partial charge in [-0.25, -0.2) is 14.4 Å². The SMILES string of the molecule is CCC1(OC(=O)COC23CC4(O)CC(O)(C2)CC(OC(=O)COC(=O)C(F)(F)S(=O)(=O)O)(C4)C3)C2CC3CC(C2)CC1C3. The average Bonchev–Trinajstić information content (AvgIpc) is 2.85. The number of halogens is 2. The van der Waals surface area contributed by atoms with Gasteiger partial charge in [0, 0.05) is 38.5 Å². The minimum absolute atomic E-state index is 0.0327. The smallest absolute Gasteiger partial charge is 0.457 e. The Morgan fingerprint density at radius 2 is 1.30 bits per heavy atom. The van der Waals surface area contributed by atoms with Crippen LogP contribution in [0.25, 0.3) is 0 Å². The number of carbonyl (C=O) groups is 3. The van der Waals surface area contributed by atoms with Gasteiger partial charge in [0.25, 0.3) is 0 Å². The Bertz CT molecular complexity index is 1270. The first-order valence-electron chi connectivity index (χ1n) is 14.9. The lowest BCUT2D eigenvalue weighted by molar-refractivity contribution is -0.312. The van der Waals surface area contributed by atoms with Crippen LogP contribution >= 0.6 is 0 Å². The highest BCUT2D eigenvalue weighted by Gasteiger charge is 2.70. The first-order valence-corrected chi connectivity index (χ1v) is 16.3. The minimum Gasteiger partial charge on any atom is -0.457 e. The van der Waals surface area contributed by atoms with Crippen molar-refractivity contribution < 1.29 is 65.3 Å². The van der Waals surface area contributed by atoms with Gasteiger partial charge in [-0.1, -0.05) is 6.92 Å². The maximum Gasteiger partial charge on any atom is 0.465 e. The van der Waals surface area contributed by atoms with Crippen molar-refractivity contribution in [2.45, 2.75) is 117 Å². The highest BCUT2D eigenvalue weighted by Crippen LogP contribution is 2.64. The number of hydrogen-bond donors (Lipinski definition) is 3. The van der Waals surface area contributed by atoms with Crippen LogP contribution in [-0.2, 0) is 43.4 Å². The standard InChI is InChI=1S/C28H38F2O12S/c1-2-27(18-4-16-3-17(6-18)7-19(27)5-16)42-21(32)9-40-25-11-23(34)10-24(35,12-25)14-26(13-23,15-25)41-20(31)8-39-22(33)28(29,30)43(36,37)38/h16-19,34-35H,2-15H2,1H3,(H,36,37,38). The van der Waals surface area contributed by atoms with Gasteiger partial charge < -0.3 is 29.2 Å². The number of aliphatic hydroxyl groups is 2. The molecule has 0 saturated heterocycles. The quantitative estimate of drug-likeness (QED) is 0.181. The molecule has 8 aliphatic carbocycles. The van der Waals surface area contributed by atoms with Crippen LogP contribution in [0.1, 0.15) is 84.0 Å². The van der Waals surface area contributed by atoms with Crippen molar-refractivity contribution in [2.24, 2.45) is 23.7 Å². The third kappa shape index (κ3) is 5.26. The molecular formula is C28H38F2O12S. The Labute approximate surface area is 247 Å². The molecule has 8 saturated carbocycles. The Morgan fingerprint density at radius 1 is 0.791 bits per heavy atom. The van der Waals surface area contributed by atoms with E-state index in [9.17, 15) is 41.8 Å². The molecule has 8 bridgehead atoms. The fraction of sp³-hybridized carbons (Fsp3) is 0.893. The second kappa shape index (κ2) is 9.78. The van der Waals surface area contributed by atoms with Gasteiger partial charge in [0.2, 0.25) is 0 Å². The van der Waals surface area contributed by atoms with E-state index in [0.717, 1.165) is 25.7 Å². The molecular weight excluding hydrogens is 598 g/mol. The second-order valence-electron chi connectivity index (χ2n) is 14.3. The molecule has 0 radical (unpaired) electrons. The molecule has 0 aromatic rings. The van der Waals surface area contributed by atoms with Gasteiger partial charge >= 0.3 is 33.3 Å². The summed E-state index contributed by atoms with van der Waals surface area (Å²) < 4.78 is 79.0. The molecule has 43 heavy (non-hydrogen) atoms. The second-order valence-corrected chi connectivity index (χ2v) is 15.8. The molecule has 0 spiro atoms. The Hall–Kier alpha value is -1.94. The van der Waals surface area contributed by atoms with Gasteiger partial charge in [-0.15, -0.1) is 0 Å². The summed E-state index contributed by atoms with van der Waals surface area (Å²) in [5.74, 6) is -2.55. The van der Waals surface area contributed by atoms with E-state index in [-0.39, 0.29) is 38.5 Å². The van der Waals surface area contributed by atoms with Crippen molar-refractivity contribution >= 4 is 28.0 Å². The van der Waals surface area contributed by atoms with Crippen LogP contribution in [0.5, 0.6) is 0 Å². The predicted molar refractivity (Wildman–Crippen MR) is 139 cm³/mol. The van der Waals surface area contributed by atoms with Crippen LogP contribution in [0, 0.1) is 23.7 Å². The molecule has 2 atom stereocenters. The van der Waals surface area contributed by atoms with Gasteiger partial charge in [0.05, 0.1) is 16.8 Å². The minimum atomic E-state index is -6.13. The number of ether oxygens (including phenoxy) is 4. The van der Waals surface area contributed by atoms with E-state index in [1.807, 2.05) is 6.92 Å². The summed E-state index contributed by atoms with van der Waals surface area (Å²) in [5.41, 5.74) is -6.41. The lowest BCUT2D eigenvalue weighted by atomic mass is 9.48. The fourth-order valence-electron chi connectivity index (χ4n) is 10.4. The van der Waals surface area contributed by atoms with Crippen LogP contribution in [0.2, 0.25) is 0 Å². The summed E-state index contributed by atoms with van der Waals surface area (Å²) in [6.07, 6.45) is 5.96. The van der Waals surface area contributed by atoms with Crippen LogP contribution in [0.15, 0.2) is 0 Å². The van der Waals surface area contributed by atoms with Crippen molar-refractivity contribution in [1.29, 1.82) is 0 Å². The monoisotopic (exact) mass is 636 g/mol. The first-order chi connectivity index (χ1) is 19.8. The molecule has 8 aliphatic rings. The van der Waals surface area contributed by atoms with Gasteiger partial charge in [0.1, 0.15) is 17.8 Å². The summed E-state index contributed by atoms with van der Waals surface area (Å²) >= 11 is 0. The lowest BCUT2D eigenvalue weighted by Gasteiger charge is -2.66. The van der Waals surface area contributed by atoms with Crippen molar-refractivity contribution in [1.82, 2.24) is 0 Å². The zero-order valence-corrected chi connectivity index (χ0v) is 24.7. The third-order valence-electron chi connectivity index (χ3n) is 11.0. The number of carbonyl (C=O) groups excluding carboxylic acids is 3. The summed E-state index contributed by atoms with van der Waals surface area (Å²) in [5, 5.41) is 17.4. The number of esters is 3. The van der Waals surface area contributed by atoms with Gasteiger partial charge in [0.15, 0.2) is 6.61 Å². The summed E-state index contributed by atoms with van der Waals surface area (Å²) in [4.78, 5) is 37.3. The molecule has 15 heteroatoms. The molecule has 0 aromatic carbocycles. The molecule has 3 N–H and O–H groups in total. The van der Waals surface area contributed by atoms with Gasteiger partial charge in [-0.05, 0) is 62.2 Å². The zero-order chi connectivity index (χ0) is 31.3. The van der Waals surface area contributed by atoms with Crippen molar-refractivity contribution in [3.05, 3.63) is 0 Å². The molecule has 0 heterocycles. The normalized spacial score (nSPS) is 44.3. The van der Waals surface area contributed by atoms with E-state index >= 15 is 0 Å². The average molecular weight is 637 g/mol. The first kappa shape index (κ1) is 31.1. The number of alkyl halides is 2. The summed E-state index contributed by atoms with van der Waals surface area (Å²) in [6.45, 7) is 0.193. The lowest BCUT2D eigenvalue weighted by Crippen LogP contribution is -2.73. The number of rotatable bonds is 10. The summed E-state index contributed by atoms with van der Waals surface area (Å²) in [7, 11) is -6.13. The van der Waals surface area contributed by atoms with Gasteiger partial charge in [-0.3, -0.25) is 4.55 Å². The van der Waals surface area contributed by atoms with E-state index in [0.29, 0.717) is 30.1 Å². The fourth-order valence-corrected chi connectivity index (χ4v) is 10.7. The van der Waals surface area contributed by atoms with Crippen molar-refractivity contribution in [3.63, 3.8) is 0 Å². The Kier molecular flexibility index (Phi) is 7.06. The molecule has 242 valence electrons. The molecule has 0 amide bonds. The molecule has 0 aromatic heterocycles. The van der Waals surface area contributed by atoms with Crippen molar-refractivity contribution in [2.75, 3.05) is 13.2 Å². The van der Waals surface area contributed by atoms with Crippen LogP contribution in [0.3, 0.4) is 0 Å². The molecule has 12 nitrogen and oxygen atoms in total. The molecule has 8 fully saturated rings. The highest BCUT2D eigenvalue weighted by atomic mass is 32.2. The third-order valence-corrected chi connectivity index (χ3v) is 11.8. The number of hydrogen-bond acceptors (Lipinski definition) is 11. The molecule has 2 unspecified atom stereocenters. The van der Waals surface area contributed by atoms with Crippen LogP contribution in [-0.4, -0.2) is 87.6 Å². The molecule has 8 rings (SSSR count). The largest absolute Gasteiger partial charge is 0.465 e. The van der Waals surface area contributed by atoms with Gasteiger partial charge in [-0.2, -0.15) is 17.2 Å². The zero-order valence-electron chi connectivity index (χ0n) is 23.9. The molecule has 0 aliphatic heterocycles. The van der Waals surface area contributed by atoms with Crippen molar-refractivity contribution in [3.8, 4) is 0 Å². The Morgan fingerprint density at radius 3 is 1.81 bits per heavy atom. The van der Waals surface area contributed by atoms with E-state index in [2.05, 4.69) is 4.74 Å².